The number of hydrogen-bond acceptors (Lipinski definition) is 2. The van der Waals surface area contributed by atoms with Crippen LogP contribution in [0.5, 0.6) is 0 Å². The van der Waals surface area contributed by atoms with Gasteiger partial charge in [-0.2, -0.15) is 0 Å². The first-order valence-electron chi connectivity index (χ1n) is 9.33. The summed E-state index contributed by atoms with van der Waals surface area (Å²) in [5.74, 6) is 0.880. The standard InChI is InChI=1S/C20H32N2/c1-17-7-5-6-10-20(17)21-19-12-15-22(16-13-19)14-11-18-8-3-2-4-9-18/h2-4,8-9,17,19-21H,5-7,10-16H2,1H3/t17-,20+/m1/s1. The van der Waals surface area contributed by atoms with Gasteiger partial charge in [0.05, 0.1) is 0 Å². The van der Waals surface area contributed by atoms with Crippen LogP contribution >= 0.6 is 0 Å². The topological polar surface area (TPSA) is 15.3 Å². The summed E-state index contributed by atoms with van der Waals surface area (Å²) in [5, 5.41) is 3.98. The molecular weight excluding hydrogens is 268 g/mol. The summed E-state index contributed by atoms with van der Waals surface area (Å²) < 4.78 is 0. The summed E-state index contributed by atoms with van der Waals surface area (Å²) in [4.78, 5) is 2.65. The molecule has 2 atom stereocenters. The van der Waals surface area contributed by atoms with Crippen LogP contribution < -0.4 is 5.32 Å². The Balaban J connectivity index is 1.37. The molecule has 1 saturated heterocycles. The first-order valence-corrected chi connectivity index (χ1v) is 9.33. The van der Waals surface area contributed by atoms with E-state index in [1.807, 2.05) is 0 Å². The van der Waals surface area contributed by atoms with Crippen LogP contribution in [0.15, 0.2) is 30.3 Å². The van der Waals surface area contributed by atoms with Gasteiger partial charge in [-0.3, -0.25) is 0 Å². The van der Waals surface area contributed by atoms with Crippen molar-refractivity contribution in [1.82, 2.24) is 10.2 Å². The monoisotopic (exact) mass is 300 g/mol. The number of hydrogen-bond donors (Lipinski definition) is 1. The van der Waals surface area contributed by atoms with Crippen LogP contribution in [0.4, 0.5) is 0 Å². The second-order valence-electron chi connectivity index (χ2n) is 7.39. The number of nitrogens with zero attached hydrogens (tertiary/aromatic N) is 1. The summed E-state index contributed by atoms with van der Waals surface area (Å²) in [5.41, 5.74) is 1.47. The molecule has 1 aromatic rings. The van der Waals surface area contributed by atoms with Crippen molar-refractivity contribution in [2.24, 2.45) is 5.92 Å². The molecule has 1 aromatic carbocycles. The molecule has 122 valence electrons. The molecule has 0 aromatic heterocycles. The minimum absolute atomic E-state index is 0.763. The zero-order valence-corrected chi connectivity index (χ0v) is 14.1. The third-order valence-corrected chi connectivity index (χ3v) is 5.71. The summed E-state index contributed by atoms with van der Waals surface area (Å²) in [7, 11) is 0. The fourth-order valence-electron chi connectivity index (χ4n) is 4.12. The van der Waals surface area contributed by atoms with Crippen LogP contribution in [0.3, 0.4) is 0 Å². The normalized spacial score (nSPS) is 27.9. The predicted octanol–water partition coefficient (Wildman–Crippen LogP) is 3.86. The average Bonchev–Trinajstić information content (AvgIpc) is 2.57. The number of likely N-dealkylation sites (tertiary alicyclic amines) is 1. The maximum absolute atomic E-state index is 3.98. The van der Waals surface area contributed by atoms with Gasteiger partial charge in [0.1, 0.15) is 0 Å². The van der Waals surface area contributed by atoms with Gasteiger partial charge in [0.2, 0.25) is 0 Å². The van der Waals surface area contributed by atoms with Crippen LogP contribution in [0.1, 0.15) is 51.0 Å². The van der Waals surface area contributed by atoms with Crippen molar-refractivity contribution in [2.45, 2.75) is 64.0 Å². The highest BCUT2D eigenvalue weighted by molar-refractivity contribution is 5.14. The lowest BCUT2D eigenvalue weighted by atomic mass is 9.85. The summed E-state index contributed by atoms with van der Waals surface area (Å²) in [6, 6.07) is 12.5. The maximum atomic E-state index is 3.98. The quantitative estimate of drug-likeness (QED) is 0.888. The van der Waals surface area contributed by atoms with E-state index in [4.69, 9.17) is 0 Å². The van der Waals surface area contributed by atoms with Gasteiger partial charge in [0.15, 0.2) is 0 Å². The zero-order chi connectivity index (χ0) is 15.2. The summed E-state index contributed by atoms with van der Waals surface area (Å²) in [6.07, 6.45) is 9.55. The number of nitrogens with one attached hydrogen (secondary N) is 1. The van der Waals surface area contributed by atoms with Gasteiger partial charge in [-0.05, 0) is 56.7 Å². The lowest BCUT2D eigenvalue weighted by molar-refractivity contribution is 0.172. The molecule has 3 rings (SSSR count). The highest BCUT2D eigenvalue weighted by Gasteiger charge is 2.26. The van der Waals surface area contributed by atoms with Gasteiger partial charge in [0.25, 0.3) is 0 Å². The highest BCUT2D eigenvalue weighted by Crippen LogP contribution is 2.25. The third kappa shape index (κ3) is 4.57. The molecule has 0 spiro atoms. The lowest BCUT2D eigenvalue weighted by Gasteiger charge is -2.37. The lowest BCUT2D eigenvalue weighted by Crippen LogP contribution is -2.49. The molecule has 1 heterocycles. The average molecular weight is 300 g/mol. The number of piperidine rings is 1. The molecule has 1 saturated carbocycles. The van der Waals surface area contributed by atoms with Crippen molar-refractivity contribution < 1.29 is 0 Å². The molecule has 2 aliphatic rings. The minimum atomic E-state index is 0.763. The first-order chi connectivity index (χ1) is 10.8. The molecular formula is C20H32N2. The smallest absolute Gasteiger partial charge is 0.00953 e. The largest absolute Gasteiger partial charge is 0.311 e. The van der Waals surface area contributed by atoms with Gasteiger partial charge in [-0.15, -0.1) is 0 Å². The van der Waals surface area contributed by atoms with Crippen molar-refractivity contribution >= 4 is 0 Å². The van der Waals surface area contributed by atoms with E-state index >= 15 is 0 Å². The van der Waals surface area contributed by atoms with Crippen LogP contribution in [0, 0.1) is 5.92 Å². The van der Waals surface area contributed by atoms with Crippen molar-refractivity contribution in [3.05, 3.63) is 35.9 Å². The van der Waals surface area contributed by atoms with E-state index in [1.165, 1.54) is 70.1 Å². The maximum Gasteiger partial charge on any atom is 0.00953 e. The molecule has 0 radical (unpaired) electrons. The molecule has 0 unspecified atom stereocenters. The molecule has 1 aliphatic carbocycles. The van der Waals surface area contributed by atoms with Crippen LogP contribution in [0.2, 0.25) is 0 Å². The van der Waals surface area contributed by atoms with E-state index in [1.54, 1.807) is 0 Å². The van der Waals surface area contributed by atoms with Gasteiger partial charge < -0.3 is 10.2 Å². The molecule has 22 heavy (non-hydrogen) atoms. The van der Waals surface area contributed by atoms with Crippen LogP contribution in [-0.4, -0.2) is 36.6 Å². The summed E-state index contributed by atoms with van der Waals surface area (Å²) >= 11 is 0. The fraction of sp³-hybridized carbons (Fsp3) is 0.700. The van der Waals surface area contributed by atoms with Crippen LogP contribution in [-0.2, 0) is 6.42 Å². The molecule has 1 N–H and O–H groups in total. The van der Waals surface area contributed by atoms with Crippen molar-refractivity contribution in [3.63, 3.8) is 0 Å². The Hall–Kier alpha value is -0.860. The molecule has 1 aliphatic heterocycles. The minimum Gasteiger partial charge on any atom is -0.311 e. The second kappa shape index (κ2) is 8.12. The second-order valence-corrected chi connectivity index (χ2v) is 7.39. The Morgan fingerprint density at radius 2 is 1.73 bits per heavy atom. The molecule has 0 amide bonds. The van der Waals surface area contributed by atoms with Crippen molar-refractivity contribution in [3.8, 4) is 0 Å². The predicted molar refractivity (Wildman–Crippen MR) is 94.2 cm³/mol. The Morgan fingerprint density at radius 1 is 1.00 bits per heavy atom. The Bertz CT molecular complexity index is 423. The molecule has 2 nitrogen and oxygen atoms in total. The van der Waals surface area contributed by atoms with E-state index < -0.39 is 0 Å². The fourth-order valence-corrected chi connectivity index (χ4v) is 4.12. The van der Waals surface area contributed by atoms with Gasteiger partial charge in [-0.25, -0.2) is 0 Å². The van der Waals surface area contributed by atoms with Crippen LogP contribution in [0.25, 0.3) is 0 Å². The van der Waals surface area contributed by atoms with E-state index in [2.05, 4.69) is 47.5 Å². The van der Waals surface area contributed by atoms with Crippen molar-refractivity contribution in [2.75, 3.05) is 19.6 Å². The van der Waals surface area contributed by atoms with E-state index in [0.717, 1.165) is 18.0 Å². The molecule has 0 bridgehead atoms. The Kier molecular flexibility index (Phi) is 5.91. The van der Waals surface area contributed by atoms with E-state index in [9.17, 15) is 0 Å². The number of benzene rings is 1. The number of rotatable bonds is 5. The first kappa shape index (κ1) is 16.0. The summed E-state index contributed by atoms with van der Waals surface area (Å²) in [6.45, 7) is 6.19. The van der Waals surface area contributed by atoms with E-state index in [0.29, 0.717) is 0 Å². The highest BCUT2D eigenvalue weighted by atomic mass is 15.1. The van der Waals surface area contributed by atoms with E-state index in [-0.39, 0.29) is 0 Å². The van der Waals surface area contributed by atoms with Gasteiger partial charge >= 0.3 is 0 Å². The molecule has 2 fully saturated rings. The van der Waals surface area contributed by atoms with Gasteiger partial charge in [0, 0.05) is 18.6 Å². The Labute approximate surface area is 136 Å². The SMILES string of the molecule is C[C@@H]1CCCC[C@@H]1NC1CCN(CCc2ccccc2)CC1. The Morgan fingerprint density at radius 3 is 2.45 bits per heavy atom. The molecule has 2 heteroatoms. The third-order valence-electron chi connectivity index (χ3n) is 5.71. The van der Waals surface area contributed by atoms with Gasteiger partial charge in [-0.1, -0.05) is 50.1 Å². The zero-order valence-electron chi connectivity index (χ0n) is 14.1. The van der Waals surface area contributed by atoms with Crippen molar-refractivity contribution in [1.29, 1.82) is 0 Å².